The number of rotatable bonds is 2. The minimum atomic E-state index is -0.450. The summed E-state index contributed by atoms with van der Waals surface area (Å²) in [6.45, 7) is 6.38. The molecular formula is C25H23ClFNO. The first-order valence-corrected chi connectivity index (χ1v) is 10.1. The molecule has 3 aromatic rings. The van der Waals surface area contributed by atoms with Gasteiger partial charge in [0.2, 0.25) is 0 Å². The average Bonchev–Trinajstić information content (AvgIpc) is 2.68. The van der Waals surface area contributed by atoms with Gasteiger partial charge in [-0.15, -0.1) is 0 Å². The first-order chi connectivity index (χ1) is 13.7. The molecule has 0 bridgehead atoms. The zero-order valence-electron chi connectivity index (χ0n) is 16.7. The first-order valence-electron chi connectivity index (χ1n) is 9.68. The fourth-order valence-electron chi connectivity index (χ4n) is 4.68. The van der Waals surface area contributed by atoms with Crippen LogP contribution in [-0.4, -0.2) is 11.4 Å². The zero-order valence-corrected chi connectivity index (χ0v) is 17.5. The van der Waals surface area contributed by atoms with Crippen molar-refractivity contribution in [3.05, 3.63) is 100 Å². The number of fused-ring (bicyclic) bond motifs is 1. The van der Waals surface area contributed by atoms with Crippen LogP contribution in [-0.2, 0) is 5.41 Å². The van der Waals surface area contributed by atoms with Crippen molar-refractivity contribution in [2.45, 2.75) is 38.1 Å². The van der Waals surface area contributed by atoms with E-state index in [1.165, 1.54) is 12.1 Å². The fourth-order valence-corrected chi connectivity index (χ4v) is 4.81. The molecule has 148 valence electrons. The summed E-state index contributed by atoms with van der Waals surface area (Å²) in [6.07, 6.45) is 0.742. The van der Waals surface area contributed by atoms with Gasteiger partial charge in [0.15, 0.2) is 0 Å². The van der Waals surface area contributed by atoms with Gasteiger partial charge in [-0.2, -0.15) is 0 Å². The van der Waals surface area contributed by atoms with E-state index in [0.29, 0.717) is 10.6 Å². The third kappa shape index (κ3) is 3.34. The van der Waals surface area contributed by atoms with E-state index in [1.807, 2.05) is 35.2 Å². The lowest BCUT2D eigenvalue weighted by atomic mass is 9.65. The molecule has 1 amide bonds. The minimum absolute atomic E-state index is 0.124. The maximum absolute atomic E-state index is 13.5. The molecular weight excluding hydrogens is 385 g/mol. The van der Waals surface area contributed by atoms with Crippen molar-refractivity contribution in [3.63, 3.8) is 0 Å². The van der Waals surface area contributed by atoms with Crippen molar-refractivity contribution in [2.75, 3.05) is 4.90 Å². The monoisotopic (exact) mass is 407 g/mol. The average molecular weight is 408 g/mol. The molecule has 29 heavy (non-hydrogen) atoms. The topological polar surface area (TPSA) is 20.3 Å². The van der Waals surface area contributed by atoms with Crippen molar-refractivity contribution in [1.29, 1.82) is 0 Å². The summed E-state index contributed by atoms with van der Waals surface area (Å²) in [5.41, 5.74) is 2.90. The molecule has 0 saturated carbocycles. The third-order valence-electron chi connectivity index (χ3n) is 5.91. The summed E-state index contributed by atoms with van der Waals surface area (Å²) in [4.78, 5) is 15.3. The molecule has 1 atom stereocenters. The van der Waals surface area contributed by atoms with Crippen molar-refractivity contribution < 1.29 is 9.18 Å². The summed E-state index contributed by atoms with van der Waals surface area (Å²) in [7, 11) is 0. The second kappa shape index (κ2) is 7.00. The molecule has 0 spiro atoms. The maximum atomic E-state index is 13.5. The maximum Gasteiger partial charge on any atom is 0.258 e. The predicted octanol–water partition coefficient (Wildman–Crippen LogP) is 6.61. The highest BCUT2D eigenvalue weighted by Crippen LogP contribution is 2.50. The van der Waals surface area contributed by atoms with Crippen LogP contribution in [0.2, 0.25) is 5.02 Å². The Bertz CT molecular complexity index is 1060. The molecule has 4 rings (SSSR count). The van der Waals surface area contributed by atoms with Gasteiger partial charge in [0.1, 0.15) is 5.82 Å². The van der Waals surface area contributed by atoms with Crippen molar-refractivity contribution in [2.24, 2.45) is 0 Å². The van der Waals surface area contributed by atoms with Gasteiger partial charge in [0.25, 0.3) is 5.91 Å². The molecule has 1 heterocycles. The normalized spacial score (nSPS) is 20.2. The summed E-state index contributed by atoms with van der Waals surface area (Å²) < 4.78 is 13.4. The van der Waals surface area contributed by atoms with Gasteiger partial charge in [-0.05, 0) is 73.9 Å². The summed E-state index contributed by atoms with van der Waals surface area (Å²) in [5, 5.41) is 0.703. The molecule has 0 unspecified atom stereocenters. The van der Waals surface area contributed by atoms with E-state index in [-0.39, 0.29) is 17.1 Å². The minimum Gasteiger partial charge on any atom is -0.302 e. The smallest absolute Gasteiger partial charge is 0.258 e. The number of halogens is 2. The lowest BCUT2D eigenvalue weighted by molar-refractivity contribution is 0.0948. The van der Waals surface area contributed by atoms with Gasteiger partial charge in [0.05, 0.1) is 0 Å². The van der Waals surface area contributed by atoms with Crippen LogP contribution in [0.1, 0.15) is 48.7 Å². The Hall–Kier alpha value is -2.65. The van der Waals surface area contributed by atoms with E-state index >= 15 is 0 Å². The molecule has 2 nitrogen and oxygen atoms in total. The van der Waals surface area contributed by atoms with Crippen molar-refractivity contribution in [3.8, 4) is 0 Å². The van der Waals surface area contributed by atoms with Crippen LogP contribution in [0.25, 0.3) is 0 Å². The molecule has 0 aromatic heterocycles. The largest absolute Gasteiger partial charge is 0.302 e. The van der Waals surface area contributed by atoms with Crippen LogP contribution in [0.15, 0.2) is 72.8 Å². The Morgan fingerprint density at radius 2 is 1.55 bits per heavy atom. The number of amides is 1. The zero-order chi connectivity index (χ0) is 20.8. The van der Waals surface area contributed by atoms with Gasteiger partial charge in [-0.25, -0.2) is 4.39 Å². The highest BCUT2D eigenvalue weighted by Gasteiger charge is 2.47. The van der Waals surface area contributed by atoms with Crippen LogP contribution in [0.5, 0.6) is 0 Å². The SMILES string of the molecule is CC1(C)C[C@](C)(c2ccc(Cl)cc2)c2ccccc2N1C(=O)c1ccc(F)cc1. The number of carbonyl (C=O) groups is 1. The number of nitrogens with zero attached hydrogens (tertiary/aromatic N) is 1. The summed E-state index contributed by atoms with van der Waals surface area (Å²) in [6, 6.07) is 21.7. The molecule has 1 aliphatic heterocycles. The second-order valence-electron chi connectivity index (χ2n) is 8.49. The Balaban J connectivity index is 1.87. The summed E-state index contributed by atoms with van der Waals surface area (Å²) in [5.74, 6) is -0.476. The van der Waals surface area contributed by atoms with Crippen LogP contribution < -0.4 is 4.90 Å². The Labute approximate surface area is 175 Å². The van der Waals surface area contributed by atoms with Crippen LogP contribution in [0.3, 0.4) is 0 Å². The van der Waals surface area contributed by atoms with Crippen molar-refractivity contribution >= 4 is 23.2 Å². The highest BCUT2D eigenvalue weighted by molar-refractivity contribution is 6.30. The molecule has 0 radical (unpaired) electrons. The molecule has 1 aliphatic rings. The van der Waals surface area contributed by atoms with E-state index < -0.39 is 5.54 Å². The standard InChI is InChI=1S/C25H23ClFNO/c1-24(2)16-25(3,18-10-12-19(26)13-11-18)21-6-4-5-7-22(21)28(24)23(29)17-8-14-20(27)15-9-17/h4-15H,16H2,1-3H3/t25-/m1/s1. The first kappa shape index (κ1) is 19.7. The van der Waals surface area contributed by atoms with Gasteiger partial charge in [-0.1, -0.05) is 48.9 Å². The number of carbonyl (C=O) groups excluding carboxylic acids is 1. The van der Waals surface area contributed by atoms with E-state index in [9.17, 15) is 9.18 Å². The van der Waals surface area contributed by atoms with Gasteiger partial charge in [0, 0.05) is 27.2 Å². The molecule has 4 heteroatoms. The Morgan fingerprint density at radius 1 is 0.931 bits per heavy atom. The summed E-state index contributed by atoms with van der Waals surface area (Å²) >= 11 is 6.12. The Kier molecular flexibility index (Phi) is 4.74. The molecule has 0 N–H and O–H groups in total. The lowest BCUT2D eigenvalue weighted by Crippen LogP contribution is -2.55. The number of benzene rings is 3. The second-order valence-corrected chi connectivity index (χ2v) is 8.93. The van der Waals surface area contributed by atoms with E-state index in [0.717, 1.165) is 23.2 Å². The molecule has 0 fully saturated rings. The number of para-hydroxylation sites is 1. The van der Waals surface area contributed by atoms with Gasteiger partial charge < -0.3 is 4.90 Å². The van der Waals surface area contributed by atoms with Crippen LogP contribution >= 0.6 is 11.6 Å². The van der Waals surface area contributed by atoms with Crippen LogP contribution in [0, 0.1) is 5.82 Å². The fraction of sp³-hybridized carbons (Fsp3) is 0.240. The molecule has 0 saturated heterocycles. The molecule has 3 aromatic carbocycles. The van der Waals surface area contributed by atoms with Gasteiger partial charge in [-0.3, -0.25) is 4.79 Å². The third-order valence-corrected chi connectivity index (χ3v) is 6.16. The molecule has 0 aliphatic carbocycles. The van der Waals surface area contributed by atoms with E-state index in [1.54, 1.807) is 12.1 Å². The highest BCUT2D eigenvalue weighted by atomic mass is 35.5. The van der Waals surface area contributed by atoms with Crippen LogP contribution in [0.4, 0.5) is 10.1 Å². The van der Waals surface area contributed by atoms with E-state index in [4.69, 9.17) is 11.6 Å². The van der Waals surface area contributed by atoms with E-state index in [2.05, 4.69) is 39.0 Å². The number of hydrogen-bond donors (Lipinski definition) is 0. The number of hydrogen-bond acceptors (Lipinski definition) is 1. The van der Waals surface area contributed by atoms with Gasteiger partial charge >= 0.3 is 0 Å². The Morgan fingerprint density at radius 3 is 2.21 bits per heavy atom. The van der Waals surface area contributed by atoms with Crippen molar-refractivity contribution in [1.82, 2.24) is 0 Å². The quantitative estimate of drug-likeness (QED) is 0.467. The lowest BCUT2D eigenvalue weighted by Gasteiger charge is -2.51. The number of anilines is 1. The predicted molar refractivity (Wildman–Crippen MR) is 116 cm³/mol.